The molecule has 0 saturated heterocycles. The SMILES string of the molecule is Cc1cc(Sc2ccccc2F)c(S(C)(=O)=O)cc1C(=O)Cl. The van der Waals surface area contributed by atoms with Gasteiger partial charge in [0.2, 0.25) is 0 Å². The first-order valence-electron chi connectivity index (χ1n) is 6.17. The third kappa shape index (κ3) is 3.69. The molecule has 3 nitrogen and oxygen atoms in total. The highest BCUT2D eigenvalue weighted by atomic mass is 35.5. The average Bonchev–Trinajstić information content (AvgIpc) is 2.39. The van der Waals surface area contributed by atoms with Gasteiger partial charge in [-0.3, -0.25) is 4.79 Å². The van der Waals surface area contributed by atoms with E-state index in [-0.39, 0.29) is 10.5 Å². The molecule has 0 saturated carbocycles. The molecule has 7 heteroatoms. The maximum Gasteiger partial charge on any atom is 0.252 e. The molecule has 2 aromatic rings. The molecule has 0 heterocycles. The summed E-state index contributed by atoms with van der Waals surface area (Å²) >= 11 is 6.46. The van der Waals surface area contributed by atoms with Crippen LogP contribution in [0, 0.1) is 12.7 Å². The topological polar surface area (TPSA) is 51.2 Å². The summed E-state index contributed by atoms with van der Waals surface area (Å²) in [5.41, 5.74) is 0.659. The summed E-state index contributed by atoms with van der Waals surface area (Å²) in [6, 6.07) is 8.84. The molecule has 2 rings (SSSR count). The van der Waals surface area contributed by atoms with Crippen molar-refractivity contribution in [1.29, 1.82) is 0 Å². The number of hydrogen-bond acceptors (Lipinski definition) is 4. The number of sulfone groups is 1. The van der Waals surface area contributed by atoms with E-state index < -0.39 is 20.9 Å². The van der Waals surface area contributed by atoms with Crippen LogP contribution in [0.15, 0.2) is 51.1 Å². The van der Waals surface area contributed by atoms with Crippen LogP contribution in [0.25, 0.3) is 0 Å². The maximum atomic E-state index is 13.8. The summed E-state index contributed by atoms with van der Waals surface area (Å²) < 4.78 is 37.7. The van der Waals surface area contributed by atoms with E-state index in [1.807, 2.05) is 0 Å². The predicted octanol–water partition coefficient (Wildman–Crippen LogP) is 4.07. The van der Waals surface area contributed by atoms with Crippen molar-refractivity contribution < 1.29 is 17.6 Å². The molecular formula is C15H12ClFO3S2. The Morgan fingerprint density at radius 3 is 2.36 bits per heavy atom. The Hall–Kier alpha value is -1.37. The number of rotatable bonds is 4. The summed E-state index contributed by atoms with van der Waals surface area (Å²) in [6.07, 6.45) is 1.03. The minimum atomic E-state index is -3.59. The smallest absolute Gasteiger partial charge is 0.252 e. The van der Waals surface area contributed by atoms with Crippen LogP contribution in [0.4, 0.5) is 4.39 Å². The van der Waals surface area contributed by atoms with Gasteiger partial charge < -0.3 is 0 Å². The monoisotopic (exact) mass is 358 g/mol. The van der Waals surface area contributed by atoms with Gasteiger partial charge in [-0.25, -0.2) is 12.8 Å². The van der Waals surface area contributed by atoms with Gasteiger partial charge in [0.25, 0.3) is 5.24 Å². The van der Waals surface area contributed by atoms with Crippen LogP contribution >= 0.6 is 23.4 Å². The lowest BCUT2D eigenvalue weighted by molar-refractivity contribution is 0.108. The molecule has 0 aliphatic carbocycles. The first-order valence-corrected chi connectivity index (χ1v) is 9.25. The van der Waals surface area contributed by atoms with Gasteiger partial charge in [0.05, 0.1) is 4.90 Å². The molecule has 0 aliphatic rings. The second-order valence-electron chi connectivity index (χ2n) is 4.69. The zero-order valence-corrected chi connectivity index (χ0v) is 14.2. The normalized spacial score (nSPS) is 11.5. The molecule has 0 aromatic heterocycles. The van der Waals surface area contributed by atoms with Crippen LogP contribution in [-0.4, -0.2) is 19.9 Å². The highest BCUT2D eigenvalue weighted by Gasteiger charge is 2.20. The molecule has 0 spiro atoms. The Morgan fingerprint density at radius 1 is 1.18 bits per heavy atom. The van der Waals surface area contributed by atoms with E-state index in [0.29, 0.717) is 15.4 Å². The molecule has 0 bridgehead atoms. The summed E-state index contributed by atoms with van der Waals surface area (Å²) in [5.74, 6) is -0.442. The quantitative estimate of drug-likeness (QED) is 0.773. The molecule has 0 N–H and O–H groups in total. The molecule has 116 valence electrons. The third-order valence-corrected chi connectivity index (χ3v) is 5.54. The Bertz CT molecular complexity index is 848. The average molecular weight is 359 g/mol. The Morgan fingerprint density at radius 2 is 1.82 bits per heavy atom. The van der Waals surface area contributed by atoms with Crippen LogP contribution in [0.2, 0.25) is 0 Å². The van der Waals surface area contributed by atoms with Crippen LogP contribution in [0.1, 0.15) is 15.9 Å². The minimum Gasteiger partial charge on any atom is -0.276 e. The van der Waals surface area contributed by atoms with Gasteiger partial charge in [-0.1, -0.05) is 23.9 Å². The number of aryl methyl sites for hydroxylation is 1. The first-order chi connectivity index (χ1) is 10.2. The van der Waals surface area contributed by atoms with Crippen molar-refractivity contribution in [2.75, 3.05) is 6.26 Å². The van der Waals surface area contributed by atoms with E-state index in [0.717, 1.165) is 18.0 Å². The van der Waals surface area contributed by atoms with Gasteiger partial charge in [-0.2, -0.15) is 0 Å². The number of carbonyl (C=O) groups excluding carboxylic acids is 1. The van der Waals surface area contributed by atoms with E-state index in [1.54, 1.807) is 25.1 Å². The van der Waals surface area contributed by atoms with Gasteiger partial charge in [0.1, 0.15) is 5.82 Å². The van der Waals surface area contributed by atoms with Crippen molar-refractivity contribution in [3.8, 4) is 0 Å². The summed E-state index contributed by atoms with van der Waals surface area (Å²) in [7, 11) is -3.59. The molecule has 0 aliphatic heterocycles. The van der Waals surface area contributed by atoms with E-state index in [4.69, 9.17) is 11.6 Å². The molecule has 0 atom stereocenters. The van der Waals surface area contributed by atoms with Crippen molar-refractivity contribution in [2.45, 2.75) is 21.6 Å². The van der Waals surface area contributed by atoms with Crippen molar-refractivity contribution in [3.05, 3.63) is 53.3 Å². The Balaban J connectivity index is 2.63. The second-order valence-corrected chi connectivity index (χ2v) is 8.10. The largest absolute Gasteiger partial charge is 0.276 e. The highest BCUT2D eigenvalue weighted by molar-refractivity contribution is 8.00. The lowest BCUT2D eigenvalue weighted by Crippen LogP contribution is -2.04. The van der Waals surface area contributed by atoms with Crippen LogP contribution < -0.4 is 0 Å². The second kappa shape index (κ2) is 6.40. The van der Waals surface area contributed by atoms with Gasteiger partial charge in [-0.05, 0) is 48.4 Å². The maximum absolute atomic E-state index is 13.8. The molecule has 2 aromatic carbocycles. The fourth-order valence-electron chi connectivity index (χ4n) is 1.89. The van der Waals surface area contributed by atoms with Gasteiger partial charge >= 0.3 is 0 Å². The van der Waals surface area contributed by atoms with Crippen molar-refractivity contribution in [2.24, 2.45) is 0 Å². The lowest BCUT2D eigenvalue weighted by Gasteiger charge is -2.12. The van der Waals surface area contributed by atoms with E-state index in [2.05, 4.69) is 0 Å². The van der Waals surface area contributed by atoms with Gasteiger partial charge in [0, 0.05) is 21.6 Å². The highest BCUT2D eigenvalue weighted by Crippen LogP contribution is 2.36. The van der Waals surface area contributed by atoms with Crippen molar-refractivity contribution >= 4 is 38.4 Å². The number of carbonyl (C=O) groups is 1. The molecule has 0 radical (unpaired) electrons. The van der Waals surface area contributed by atoms with Crippen molar-refractivity contribution in [3.63, 3.8) is 0 Å². The third-order valence-electron chi connectivity index (χ3n) is 2.96. The minimum absolute atomic E-state index is 0.0460. The predicted molar refractivity (Wildman–Crippen MR) is 85.0 cm³/mol. The van der Waals surface area contributed by atoms with Crippen LogP contribution in [0.5, 0.6) is 0 Å². The number of hydrogen-bond donors (Lipinski definition) is 0. The van der Waals surface area contributed by atoms with E-state index in [9.17, 15) is 17.6 Å². The Kier molecular flexibility index (Phi) is 4.94. The molecular weight excluding hydrogens is 347 g/mol. The molecule has 0 unspecified atom stereocenters. The Labute approximate surface area is 137 Å². The molecule has 22 heavy (non-hydrogen) atoms. The van der Waals surface area contributed by atoms with E-state index in [1.165, 1.54) is 18.2 Å². The van der Waals surface area contributed by atoms with Crippen LogP contribution in [-0.2, 0) is 9.84 Å². The van der Waals surface area contributed by atoms with E-state index >= 15 is 0 Å². The molecule has 0 fully saturated rings. The zero-order chi connectivity index (χ0) is 16.5. The summed E-state index contributed by atoms with van der Waals surface area (Å²) in [5, 5.41) is -0.732. The summed E-state index contributed by atoms with van der Waals surface area (Å²) in [6.45, 7) is 1.65. The summed E-state index contributed by atoms with van der Waals surface area (Å²) in [4.78, 5) is 12.0. The number of benzene rings is 2. The standard InChI is InChI=1S/C15H12ClFO3S2/c1-9-7-13(21-12-6-4-3-5-11(12)17)14(22(2,19)20)8-10(9)15(16)18/h3-8H,1-2H3. The van der Waals surface area contributed by atoms with Gasteiger partial charge in [0.15, 0.2) is 9.84 Å². The molecule has 0 amide bonds. The zero-order valence-electron chi connectivity index (χ0n) is 11.8. The number of halogens is 2. The van der Waals surface area contributed by atoms with Crippen molar-refractivity contribution in [1.82, 2.24) is 0 Å². The fourth-order valence-corrected chi connectivity index (χ4v) is 4.37. The van der Waals surface area contributed by atoms with Gasteiger partial charge in [-0.15, -0.1) is 0 Å². The first kappa shape index (κ1) is 17.0. The van der Waals surface area contributed by atoms with Crippen LogP contribution in [0.3, 0.4) is 0 Å². The fraction of sp³-hybridized carbons (Fsp3) is 0.133. The lowest BCUT2D eigenvalue weighted by atomic mass is 10.1.